The summed E-state index contributed by atoms with van der Waals surface area (Å²) in [4.78, 5) is 62.0. The van der Waals surface area contributed by atoms with E-state index in [4.69, 9.17) is 14.2 Å². The van der Waals surface area contributed by atoms with Crippen molar-refractivity contribution in [2.75, 3.05) is 0 Å². The zero-order valence-corrected chi connectivity index (χ0v) is 34.9. The number of rotatable bonds is 35. The van der Waals surface area contributed by atoms with Crippen molar-refractivity contribution in [3.8, 4) is 0 Å². The summed E-state index contributed by atoms with van der Waals surface area (Å²) < 4.78 is 15.7. The fraction of sp³-hybridized carbons (Fsp3) is 0.848. The number of carbonyl (C=O) groups excluding carboxylic acids is 5. The van der Waals surface area contributed by atoms with Crippen molar-refractivity contribution in [2.45, 2.75) is 245 Å². The Balaban J connectivity index is 2.12. The van der Waals surface area contributed by atoms with Crippen LogP contribution in [0.2, 0.25) is 0 Å². The summed E-state index contributed by atoms with van der Waals surface area (Å²) >= 11 is 0. The maximum absolute atomic E-state index is 12.9. The van der Waals surface area contributed by atoms with Gasteiger partial charge >= 0.3 is 29.8 Å². The largest absolute Gasteiger partial charge is 0.419 e. The predicted molar refractivity (Wildman–Crippen MR) is 217 cm³/mol. The Bertz CT molecular complexity index is 1010. The van der Waals surface area contributed by atoms with Crippen LogP contribution < -0.4 is 0 Å². The fourth-order valence-corrected chi connectivity index (χ4v) is 7.17. The molecule has 0 aliphatic heterocycles. The lowest BCUT2D eigenvalue weighted by atomic mass is 9.89. The van der Waals surface area contributed by atoms with Crippen molar-refractivity contribution in [3.63, 3.8) is 0 Å². The van der Waals surface area contributed by atoms with E-state index in [0.717, 1.165) is 128 Å². The predicted octanol–water partition coefficient (Wildman–Crippen LogP) is 13.3. The minimum absolute atomic E-state index is 0.128. The van der Waals surface area contributed by atoms with Crippen molar-refractivity contribution in [2.24, 2.45) is 5.92 Å². The number of carbonyl (C=O) groups is 5. The van der Waals surface area contributed by atoms with Gasteiger partial charge < -0.3 is 14.2 Å². The zero-order chi connectivity index (χ0) is 39.3. The third-order valence-corrected chi connectivity index (χ3v) is 10.7. The van der Waals surface area contributed by atoms with Gasteiger partial charge in [-0.3, -0.25) is 19.2 Å². The molecule has 8 nitrogen and oxygen atoms in total. The molecule has 1 fully saturated rings. The third kappa shape index (κ3) is 29.8. The van der Waals surface area contributed by atoms with Crippen LogP contribution in [0.25, 0.3) is 0 Å². The lowest BCUT2D eigenvalue weighted by molar-refractivity contribution is -0.163. The molecule has 0 aromatic rings. The van der Waals surface area contributed by atoms with Gasteiger partial charge in [0.2, 0.25) is 5.76 Å². The summed E-state index contributed by atoms with van der Waals surface area (Å²) in [6.45, 7) is 4.44. The van der Waals surface area contributed by atoms with Crippen molar-refractivity contribution in [1.82, 2.24) is 0 Å². The minimum atomic E-state index is -0.849. The molecule has 1 rings (SSSR count). The van der Waals surface area contributed by atoms with Gasteiger partial charge in [0.05, 0.1) is 5.92 Å². The second kappa shape index (κ2) is 36.1. The average molecular weight is 761 g/mol. The van der Waals surface area contributed by atoms with Gasteiger partial charge in [-0.25, -0.2) is 4.79 Å². The maximum Gasteiger partial charge on any atom is 0.381 e. The SMILES string of the molecule is CCCCCCCCCCC=C(OC(=O)C1CCCCC1)C(=O)OC(=O)CCCCCCCCCCCCC(=O)OC(=O)CCCCCCCCCCC. The Kier molecular flexibility index (Phi) is 33.1. The molecule has 0 atom stereocenters. The van der Waals surface area contributed by atoms with Crippen LogP contribution in [0.1, 0.15) is 245 Å². The van der Waals surface area contributed by atoms with E-state index in [2.05, 4.69) is 13.8 Å². The molecule has 312 valence electrons. The lowest BCUT2D eigenvalue weighted by Crippen LogP contribution is -2.24. The van der Waals surface area contributed by atoms with E-state index >= 15 is 0 Å². The second-order valence-corrected chi connectivity index (χ2v) is 15.8. The molecular weight excluding hydrogens is 680 g/mol. The molecule has 8 heteroatoms. The molecule has 0 unspecified atom stereocenters. The number of hydrogen-bond acceptors (Lipinski definition) is 8. The van der Waals surface area contributed by atoms with Gasteiger partial charge in [0, 0.05) is 19.3 Å². The van der Waals surface area contributed by atoms with Crippen molar-refractivity contribution < 1.29 is 38.2 Å². The van der Waals surface area contributed by atoms with Gasteiger partial charge in [-0.1, -0.05) is 181 Å². The van der Waals surface area contributed by atoms with Gasteiger partial charge in [-0.2, -0.15) is 0 Å². The summed E-state index contributed by atoms with van der Waals surface area (Å²) in [5, 5.41) is 0. The first kappa shape index (κ1) is 49.5. The topological polar surface area (TPSA) is 113 Å². The Morgan fingerprint density at radius 1 is 0.426 bits per heavy atom. The monoisotopic (exact) mass is 761 g/mol. The average Bonchev–Trinajstić information content (AvgIpc) is 3.16. The number of allylic oxidation sites excluding steroid dienone is 1. The van der Waals surface area contributed by atoms with Crippen molar-refractivity contribution in [3.05, 3.63) is 11.8 Å². The summed E-state index contributed by atoms with van der Waals surface area (Å²) in [7, 11) is 0. The molecule has 1 saturated carbocycles. The standard InChI is InChI=1S/C46H80O8/c1-3-5-7-9-11-15-19-23-30-36-41(52-45(50)40-34-28-27-29-35-40)46(51)54-44(49)39-33-26-22-18-14-13-17-21-25-32-38-43(48)53-42(47)37-31-24-20-16-12-10-8-6-4-2/h36,40H,3-35,37-39H2,1-2H3. The van der Waals surface area contributed by atoms with Crippen LogP contribution in [-0.2, 0) is 38.2 Å². The summed E-state index contributed by atoms with van der Waals surface area (Å²) in [5.41, 5.74) is 0. The highest BCUT2D eigenvalue weighted by molar-refractivity contribution is 5.96. The summed E-state index contributed by atoms with van der Waals surface area (Å²) in [6, 6.07) is 0. The molecular formula is C46H80O8. The molecule has 0 aromatic heterocycles. The molecule has 0 saturated heterocycles. The Hall–Kier alpha value is -2.51. The van der Waals surface area contributed by atoms with Gasteiger partial charge in [-0.05, 0) is 51.0 Å². The lowest BCUT2D eigenvalue weighted by Gasteiger charge is -2.20. The van der Waals surface area contributed by atoms with Gasteiger partial charge in [0.1, 0.15) is 0 Å². The molecule has 0 bridgehead atoms. The van der Waals surface area contributed by atoms with Gasteiger partial charge in [-0.15, -0.1) is 0 Å². The molecule has 0 aromatic carbocycles. The van der Waals surface area contributed by atoms with E-state index < -0.39 is 17.9 Å². The first-order valence-electron chi connectivity index (χ1n) is 22.8. The fourth-order valence-electron chi connectivity index (χ4n) is 7.17. The molecule has 54 heavy (non-hydrogen) atoms. The Morgan fingerprint density at radius 2 is 0.778 bits per heavy atom. The van der Waals surface area contributed by atoms with E-state index in [1.807, 2.05) is 0 Å². The quantitative estimate of drug-likeness (QED) is 0.0157. The van der Waals surface area contributed by atoms with Crippen LogP contribution in [0.4, 0.5) is 0 Å². The molecule has 0 amide bonds. The molecule has 0 spiro atoms. The highest BCUT2D eigenvalue weighted by Crippen LogP contribution is 2.26. The Morgan fingerprint density at radius 3 is 1.19 bits per heavy atom. The molecule has 1 aliphatic rings. The Labute approximate surface area is 330 Å². The highest BCUT2D eigenvalue weighted by atomic mass is 16.6. The maximum atomic E-state index is 12.9. The van der Waals surface area contributed by atoms with E-state index in [1.54, 1.807) is 6.08 Å². The summed E-state index contributed by atoms with van der Waals surface area (Å²) in [6.07, 6.45) is 37.6. The van der Waals surface area contributed by atoms with Crippen LogP contribution in [0.5, 0.6) is 0 Å². The van der Waals surface area contributed by atoms with Crippen molar-refractivity contribution >= 4 is 29.8 Å². The van der Waals surface area contributed by atoms with E-state index in [9.17, 15) is 24.0 Å². The van der Waals surface area contributed by atoms with Crippen LogP contribution in [0.3, 0.4) is 0 Å². The van der Waals surface area contributed by atoms with Crippen LogP contribution >= 0.6 is 0 Å². The number of hydrogen-bond donors (Lipinski definition) is 0. The van der Waals surface area contributed by atoms with E-state index in [0.29, 0.717) is 25.7 Å². The number of ether oxygens (including phenoxy) is 3. The smallest absolute Gasteiger partial charge is 0.381 e. The molecule has 1 aliphatic carbocycles. The van der Waals surface area contributed by atoms with Crippen molar-refractivity contribution in [1.29, 1.82) is 0 Å². The first-order chi connectivity index (χ1) is 26.4. The van der Waals surface area contributed by atoms with Crippen LogP contribution in [0, 0.1) is 5.92 Å². The highest BCUT2D eigenvalue weighted by Gasteiger charge is 2.27. The number of esters is 5. The third-order valence-electron chi connectivity index (χ3n) is 10.7. The van der Waals surface area contributed by atoms with E-state index in [-0.39, 0.29) is 30.0 Å². The van der Waals surface area contributed by atoms with Gasteiger partial charge in [0.25, 0.3) is 0 Å². The minimum Gasteiger partial charge on any atom is -0.419 e. The molecule has 0 N–H and O–H groups in total. The molecule has 0 heterocycles. The van der Waals surface area contributed by atoms with Crippen LogP contribution in [-0.4, -0.2) is 29.8 Å². The zero-order valence-electron chi connectivity index (χ0n) is 34.9. The molecule has 0 radical (unpaired) electrons. The second-order valence-electron chi connectivity index (χ2n) is 15.8. The van der Waals surface area contributed by atoms with Gasteiger partial charge in [0.15, 0.2) is 0 Å². The summed E-state index contributed by atoms with van der Waals surface area (Å²) in [5.74, 6) is -2.90. The van der Waals surface area contributed by atoms with E-state index in [1.165, 1.54) is 70.6 Å². The normalized spacial score (nSPS) is 13.5. The number of unbranched alkanes of at least 4 members (excludes halogenated alkanes) is 25. The van der Waals surface area contributed by atoms with Crippen LogP contribution in [0.15, 0.2) is 11.8 Å². The first-order valence-corrected chi connectivity index (χ1v) is 22.8.